The van der Waals surface area contributed by atoms with E-state index in [1.807, 2.05) is 5.32 Å². The van der Waals surface area contributed by atoms with E-state index in [-0.39, 0.29) is 25.7 Å². The Morgan fingerprint density at radius 2 is 1.18 bits per heavy atom. The van der Waals surface area contributed by atoms with Gasteiger partial charge in [0.2, 0.25) is 29.7 Å². The molecule has 82 heavy (non-hydrogen) atoms. The molecule has 0 aliphatic carbocycles. The van der Waals surface area contributed by atoms with E-state index in [0.29, 0.717) is 12.8 Å². The predicted molar refractivity (Wildman–Crippen MR) is 305 cm³/mol. The molecule has 13 N–H and O–H groups in total. The number of hydrogen-bond acceptors (Lipinski definition) is 19. The van der Waals surface area contributed by atoms with Crippen LogP contribution < -0.4 is 27.4 Å². The number of nitrogens with two attached hydrogens (primary N) is 2. The van der Waals surface area contributed by atoms with Gasteiger partial charge in [-0.05, 0) is 33.1 Å². The molecular formula is C57H105N5O19P+. The molecule has 0 aromatic rings. The van der Waals surface area contributed by atoms with Gasteiger partial charge in [0.05, 0.1) is 31.3 Å². The molecule has 5 unspecified atom stereocenters. The molecule has 0 aromatic carbocycles. The fraction of sp³-hybridized carbons (Fsp3) is 0.877. The highest BCUT2D eigenvalue weighted by molar-refractivity contribution is 7.32. The number of aliphatic hydroxyl groups is 5. The van der Waals surface area contributed by atoms with Gasteiger partial charge < -0.3 is 66.6 Å². The first-order valence-corrected chi connectivity index (χ1v) is 31.5. The summed E-state index contributed by atoms with van der Waals surface area (Å²) in [7, 11) is -3.64. The lowest BCUT2D eigenvalue weighted by Crippen LogP contribution is -2.65. The van der Waals surface area contributed by atoms with Crippen LogP contribution in [0.4, 0.5) is 0 Å². The molecule has 14 atom stereocenters. The Morgan fingerprint density at radius 1 is 0.683 bits per heavy atom. The van der Waals surface area contributed by atoms with E-state index in [9.17, 15) is 68.6 Å². The maximum atomic E-state index is 14.6. The maximum Gasteiger partial charge on any atom is 0.695 e. The van der Waals surface area contributed by atoms with Crippen LogP contribution in [0.2, 0.25) is 0 Å². The Kier molecular flexibility index (Phi) is 42.3. The minimum absolute atomic E-state index is 0.0551. The van der Waals surface area contributed by atoms with Crippen LogP contribution in [0.1, 0.15) is 227 Å². The zero-order valence-electron chi connectivity index (χ0n) is 49.7. The van der Waals surface area contributed by atoms with Crippen molar-refractivity contribution < 1.29 is 92.0 Å². The van der Waals surface area contributed by atoms with Gasteiger partial charge in [0, 0.05) is 30.8 Å². The first-order chi connectivity index (χ1) is 39.1. The second kappa shape index (κ2) is 45.5. The van der Waals surface area contributed by atoms with E-state index in [0.717, 1.165) is 84.0 Å². The summed E-state index contributed by atoms with van der Waals surface area (Å²) < 4.78 is 40.8. The highest BCUT2D eigenvalue weighted by atomic mass is 31.1. The summed E-state index contributed by atoms with van der Waals surface area (Å²) >= 11 is 0. The van der Waals surface area contributed by atoms with E-state index >= 15 is 0 Å². The smallest absolute Gasteiger partial charge is 0.458 e. The van der Waals surface area contributed by atoms with Crippen LogP contribution in [0.3, 0.4) is 0 Å². The molecule has 476 valence electrons. The van der Waals surface area contributed by atoms with E-state index < -0.39 is 155 Å². The van der Waals surface area contributed by atoms with Gasteiger partial charge in [0.25, 0.3) is 5.91 Å². The van der Waals surface area contributed by atoms with Gasteiger partial charge in [0.15, 0.2) is 12.4 Å². The molecule has 25 heteroatoms. The Balaban J connectivity index is 3.49. The van der Waals surface area contributed by atoms with Crippen molar-refractivity contribution in [1.29, 1.82) is 0 Å². The fourth-order valence-corrected chi connectivity index (χ4v) is 10.3. The minimum Gasteiger partial charge on any atom is -0.458 e. The Labute approximate surface area is 487 Å². The first kappa shape index (κ1) is 76.2. The number of ether oxygens (including phenoxy) is 4. The van der Waals surface area contributed by atoms with Crippen molar-refractivity contribution in [3.8, 4) is 0 Å². The summed E-state index contributed by atoms with van der Waals surface area (Å²) in [5.41, 5.74) is 11.1. The first-order valence-electron chi connectivity index (χ1n) is 30.4. The molecule has 0 saturated carbocycles. The van der Waals surface area contributed by atoms with Crippen molar-refractivity contribution in [3.63, 3.8) is 0 Å². The molecule has 0 bridgehead atoms. The van der Waals surface area contributed by atoms with Gasteiger partial charge in [-0.25, -0.2) is 0 Å². The monoisotopic (exact) mass is 1190 g/mol. The summed E-state index contributed by atoms with van der Waals surface area (Å²) in [6.45, 7) is 6.54. The molecule has 1 rings (SSSR count). The van der Waals surface area contributed by atoms with E-state index in [1.54, 1.807) is 0 Å². The van der Waals surface area contributed by atoms with Crippen LogP contribution >= 0.6 is 8.25 Å². The highest BCUT2D eigenvalue weighted by Crippen LogP contribution is 2.30. The van der Waals surface area contributed by atoms with Crippen molar-refractivity contribution in [2.75, 3.05) is 13.2 Å². The summed E-state index contributed by atoms with van der Waals surface area (Å²) in [6.07, 6.45) is 9.79. The Morgan fingerprint density at radius 3 is 1.63 bits per heavy atom. The molecule has 0 radical (unpaired) electrons. The fourth-order valence-electron chi connectivity index (χ4n) is 9.86. The topological polar surface area (TPSA) is 392 Å². The van der Waals surface area contributed by atoms with Crippen LogP contribution in [0, 0.1) is 5.92 Å². The number of nitrogens with one attached hydrogen (secondary N) is 3. The molecular weight excluding hydrogens is 1090 g/mol. The number of imide groups is 1. The number of primary amides is 1. The lowest BCUT2D eigenvalue weighted by molar-refractivity contribution is -0.269. The van der Waals surface area contributed by atoms with Crippen LogP contribution in [-0.4, -0.2) is 158 Å². The van der Waals surface area contributed by atoms with Gasteiger partial charge in [0.1, 0.15) is 42.5 Å². The number of unbranched alkanes of at least 4 members (excludes halogenated alkanes) is 23. The maximum absolute atomic E-state index is 14.6. The Hall–Kier alpha value is -3.81. The lowest BCUT2D eigenvalue weighted by atomic mass is 9.93. The molecule has 0 aromatic heterocycles. The number of carbonyl (C=O) groups is 7. The van der Waals surface area contributed by atoms with Gasteiger partial charge in [-0.3, -0.25) is 38.9 Å². The van der Waals surface area contributed by atoms with Gasteiger partial charge in [-0.15, -0.1) is 9.42 Å². The second-order valence-corrected chi connectivity index (χ2v) is 22.7. The third-order valence-corrected chi connectivity index (χ3v) is 15.1. The van der Waals surface area contributed by atoms with Crippen molar-refractivity contribution in [1.82, 2.24) is 16.0 Å². The summed E-state index contributed by atoms with van der Waals surface area (Å²) in [5, 5.41) is 59.2. The van der Waals surface area contributed by atoms with Crippen molar-refractivity contribution >= 4 is 49.7 Å². The number of esters is 2. The number of hydrogen-bond donors (Lipinski definition) is 11. The van der Waals surface area contributed by atoms with Crippen molar-refractivity contribution in [2.24, 2.45) is 17.4 Å². The number of aliphatic hydroxyl groups excluding tert-OH is 5. The van der Waals surface area contributed by atoms with E-state index in [1.165, 1.54) is 78.1 Å². The summed E-state index contributed by atoms with van der Waals surface area (Å²) in [5.74, 6) is -8.75. The van der Waals surface area contributed by atoms with Crippen LogP contribution in [0.15, 0.2) is 0 Å². The molecule has 1 aliphatic heterocycles. The third kappa shape index (κ3) is 33.0. The van der Waals surface area contributed by atoms with Gasteiger partial charge in [-0.2, -0.15) is 0 Å². The molecule has 0 spiro atoms. The standard InChI is InChI=1S/C57H104N5O19P/c1-6-8-10-12-14-16-18-20-22-24-26-28-30-32-47(68)78-43(35-38(3)77-52-49(60-40(5)66)57(74)80-45(37-64)50(52)69)44(36-63)79-56(73)41(31-29-27-25-23-21-19-17-15-13-11-9-7-2)51(81-82(75)76)55(72)62-46(67)34-33-42(53(59)70)61-54(71)48(58)39(4)65/h38-39,41-45,48-52,57,63-65,69,74H,6-37,58H2,1-5H3,(H5-,59,60,61,62,66,67,70,71,72,75,76)/p+1/t38?,39-,41?,42-,43?,44+,45-,48+,49-,50-,51?,52-,57+/m1/s1. The van der Waals surface area contributed by atoms with Crippen LogP contribution in [0.5, 0.6) is 0 Å². The molecule has 5 amide bonds. The zero-order valence-corrected chi connectivity index (χ0v) is 50.6. The normalized spacial score (nSPS) is 20.2. The summed E-state index contributed by atoms with van der Waals surface area (Å²) in [4.78, 5) is 102. The third-order valence-electron chi connectivity index (χ3n) is 14.7. The Bertz CT molecular complexity index is 1840. The van der Waals surface area contributed by atoms with Crippen LogP contribution in [-0.2, 0) is 61.6 Å². The quantitative estimate of drug-likeness (QED) is 0.0220. The minimum atomic E-state index is -3.64. The number of rotatable bonds is 49. The molecule has 1 saturated heterocycles. The van der Waals surface area contributed by atoms with E-state index in [4.69, 9.17) is 34.9 Å². The largest absolute Gasteiger partial charge is 0.695 e. The summed E-state index contributed by atoms with van der Waals surface area (Å²) in [6, 6.07) is -4.27. The average molecular weight is 1200 g/mol. The SMILES string of the molecule is CCCCCCCCCCCCCCCC(=O)OC(CC(C)O[C@H]1[C@H](O)[C@@H](CO)O[C@H](O)[C@@H]1NC(C)=O)[C@H](CO)OC(=O)C(CCCCCCCCCCCCCC)C(O[P+](=O)O)C(=O)NC(=O)CC[C@@H](NC(=O)[C@@H](N)[C@@H](C)O)C(N)=O. The average Bonchev–Trinajstić information content (AvgIpc) is 3.50. The molecule has 1 heterocycles. The molecule has 24 nitrogen and oxygen atoms in total. The lowest BCUT2D eigenvalue weighted by Gasteiger charge is -2.43. The van der Waals surface area contributed by atoms with Gasteiger partial charge in [-0.1, -0.05) is 168 Å². The van der Waals surface area contributed by atoms with Crippen LogP contribution in [0.25, 0.3) is 0 Å². The molecule has 1 fully saturated rings. The molecule has 1 aliphatic rings. The van der Waals surface area contributed by atoms with Crippen molar-refractivity contribution in [3.05, 3.63) is 0 Å². The van der Waals surface area contributed by atoms with E-state index in [2.05, 4.69) is 24.5 Å². The number of amides is 5. The van der Waals surface area contributed by atoms with Crippen molar-refractivity contribution in [2.45, 2.75) is 300 Å². The highest BCUT2D eigenvalue weighted by Gasteiger charge is 2.48. The number of carbonyl (C=O) groups excluding carboxylic acids is 7. The zero-order chi connectivity index (χ0) is 61.4. The van der Waals surface area contributed by atoms with Gasteiger partial charge >= 0.3 is 20.2 Å². The second-order valence-electron chi connectivity index (χ2n) is 22.0. The predicted octanol–water partition coefficient (Wildman–Crippen LogP) is 4.87.